The van der Waals surface area contributed by atoms with Crippen LogP contribution >= 0.6 is 0 Å². The van der Waals surface area contributed by atoms with Gasteiger partial charge in [-0.05, 0) is 60.6 Å². The molecule has 1 saturated heterocycles. The zero-order chi connectivity index (χ0) is 17.6. The molecule has 25 heavy (non-hydrogen) atoms. The topological polar surface area (TPSA) is 36.4 Å². The minimum atomic E-state index is 0.276. The van der Waals surface area contributed by atoms with Crippen LogP contribution in [0.5, 0.6) is 0 Å². The van der Waals surface area contributed by atoms with Gasteiger partial charge in [-0.15, -0.1) is 0 Å². The number of nitrogens with zero attached hydrogens (tertiary/aromatic N) is 3. The quantitative estimate of drug-likeness (QED) is 0.838. The number of pyridine rings is 1. The van der Waals surface area contributed by atoms with Crippen molar-refractivity contribution >= 4 is 11.6 Å². The number of hydrogen-bond acceptors (Lipinski definition) is 3. The third kappa shape index (κ3) is 4.59. The summed E-state index contributed by atoms with van der Waals surface area (Å²) in [5.74, 6) is 0.846. The Labute approximate surface area is 150 Å². The predicted octanol–water partition coefficient (Wildman–Crippen LogP) is 3.49. The standard InChI is InChI=1S/C21H27N3O/c1-23(2)20-6-4-18(5-7-20)19-11-15-24(16-12-19)21(25)8-3-17-9-13-22-14-10-17/h4-7,9-10,13-14,19H,3,8,11-12,15-16H2,1-2H3. The molecule has 1 aliphatic rings. The fourth-order valence-electron chi connectivity index (χ4n) is 3.47. The zero-order valence-electron chi connectivity index (χ0n) is 15.2. The molecule has 0 N–H and O–H groups in total. The van der Waals surface area contributed by atoms with Gasteiger partial charge in [0.05, 0.1) is 0 Å². The number of aryl methyl sites for hydroxylation is 1. The summed E-state index contributed by atoms with van der Waals surface area (Å²) < 4.78 is 0. The van der Waals surface area contributed by atoms with E-state index in [1.165, 1.54) is 16.8 Å². The molecule has 1 aromatic heterocycles. The molecular weight excluding hydrogens is 310 g/mol. The van der Waals surface area contributed by atoms with Gasteiger partial charge in [0.15, 0.2) is 0 Å². The lowest BCUT2D eigenvalue weighted by atomic mass is 9.89. The number of benzene rings is 1. The second-order valence-corrected chi connectivity index (χ2v) is 7.00. The van der Waals surface area contributed by atoms with Crippen molar-refractivity contribution in [3.05, 3.63) is 59.9 Å². The van der Waals surface area contributed by atoms with Gasteiger partial charge in [-0.3, -0.25) is 9.78 Å². The van der Waals surface area contributed by atoms with Crippen LogP contribution in [0.3, 0.4) is 0 Å². The van der Waals surface area contributed by atoms with Crippen molar-refractivity contribution in [2.24, 2.45) is 0 Å². The molecule has 2 heterocycles. The molecule has 4 heteroatoms. The second kappa shape index (κ2) is 8.15. The lowest BCUT2D eigenvalue weighted by Crippen LogP contribution is -2.38. The molecule has 1 amide bonds. The van der Waals surface area contributed by atoms with E-state index in [4.69, 9.17) is 0 Å². The molecule has 4 nitrogen and oxygen atoms in total. The molecule has 0 unspecified atom stereocenters. The average molecular weight is 337 g/mol. The number of anilines is 1. The van der Waals surface area contributed by atoms with Crippen molar-refractivity contribution < 1.29 is 4.79 Å². The van der Waals surface area contributed by atoms with Crippen LogP contribution in [0.2, 0.25) is 0 Å². The van der Waals surface area contributed by atoms with Crippen LogP contribution in [-0.4, -0.2) is 43.0 Å². The first-order valence-electron chi connectivity index (χ1n) is 9.07. The van der Waals surface area contributed by atoms with E-state index in [9.17, 15) is 4.79 Å². The number of rotatable bonds is 5. The van der Waals surface area contributed by atoms with Crippen LogP contribution in [-0.2, 0) is 11.2 Å². The Kier molecular flexibility index (Phi) is 5.69. The molecule has 0 atom stereocenters. The number of hydrogen-bond donors (Lipinski definition) is 0. The van der Waals surface area contributed by atoms with Gasteiger partial charge in [0.25, 0.3) is 0 Å². The molecule has 0 saturated carbocycles. The van der Waals surface area contributed by atoms with Crippen molar-refractivity contribution in [1.82, 2.24) is 9.88 Å². The largest absolute Gasteiger partial charge is 0.378 e. The SMILES string of the molecule is CN(C)c1ccc(C2CCN(C(=O)CCc3ccncc3)CC2)cc1. The van der Waals surface area contributed by atoms with Gasteiger partial charge < -0.3 is 9.80 Å². The highest BCUT2D eigenvalue weighted by molar-refractivity contribution is 5.76. The van der Waals surface area contributed by atoms with E-state index < -0.39 is 0 Å². The molecule has 0 spiro atoms. The Morgan fingerprint density at radius 1 is 1.08 bits per heavy atom. The Morgan fingerprint density at radius 2 is 1.72 bits per heavy atom. The maximum atomic E-state index is 12.4. The Hall–Kier alpha value is -2.36. The van der Waals surface area contributed by atoms with Gasteiger partial charge in [0.2, 0.25) is 5.91 Å². The highest BCUT2D eigenvalue weighted by Gasteiger charge is 2.23. The Bertz CT molecular complexity index is 674. The van der Waals surface area contributed by atoms with Crippen LogP contribution < -0.4 is 4.90 Å². The number of amides is 1. The van der Waals surface area contributed by atoms with Gasteiger partial charge in [-0.1, -0.05) is 12.1 Å². The van der Waals surface area contributed by atoms with Crippen LogP contribution in [0.1, 0.15) is 36.3 Å². The van der Waals surface area contributed by atoms with Crippen molar-refractivity contribution in [3.63, 3.8) is 0 Å². The van der Waals surface area contributed by atoms with Crippen LogP contribution in [0.4, 0.5) is 5.69 Å². The Balaban J connectivity index is 1.48. The molecule has 0 aliphatic carbocycles. The number of piperidine rings is 1. The van der Waals surface area contributed by atoms with Gasteiger partial charge in [0.1, 0.15) is 0 Å². The summed E-state index contributed by atoms with van der Waals surface area (Å²) in [5, 5.41) is 0. The lowest BCUT2D eigenvalue weighted by molar-refractivity contribution is -0.132. The molecule has 1 aliphatic heterocycles. The fraction of sp³-hybridized carbons (Fsp3) is 0.429. The van der Waals surface area contributed by atoms with Crippen molar-refractivity contribution in [2.45, 2.75) is 31.6 Å². The third-order valence-corrected chi connectivity index (χ3v) is 5.11. The minimum Gasteiger partial charge on any atom is -0.378 e. The number of likely N-dealkylation sites (tertiary alicyclic amines) is 1. The van der Waals surface area contributed by atoms with Gasteiger partial charge in [0, 0.05) is 51.7 Å². The molecule has 0 radical (unpaired) electrons. The number of carbonyl (C=O) groups is 1. The highest BCUT2D eigenvalue weighted by atomic mass is 16.2. The molecule has 1 fully saturated rings. The predicted molar refractivity (Wildman–Crippen MR) is 102 cm³/mol. The zero-order valence-corrected chi connectivity index (χ0v) is 15.2. The molecular formula is C21H27N3O. The maximum absolute atomic E-state index is 12.4. The van der Waals surface area contributed by atoms with Crippen molar-refractivity contribution in [2.75, 3.05) is 32.1 Å². The molecule has 3 rings (SSSR count). The van der Waals surface area contributed by atoms with Crippen LogP contribution in [0.15, 0.2) is 48.8 Å². The van der Waals surface area contributed by atoms with Gasteiger partial charge >= 0.3 is 0 Å². The van der Waals surface area contributed by atoms with Crippen molar-refractivity contribution in [3.8, 4) is 0 Å². The van der Waals surface area contributed by atoms with Crippen LogP contribution in [0, 0.1) is 0 Å². The monoisotopic (exact) mass is 337 g/mol. The highest BCUT2D eigenvalue weighted by Crippen LogP contribution is 2.29. The van der Waals surface area contributed by atoms with E-state index in [1.54, 1.807) is 12.4 Å². The first kappa shape index (κ1) is 17.5. The smallest absolute Gasteiger partial charge is 0.222 e. The average Bonchev–Trinajstić information content (AvgIpc) is 2.67. The van der Waals surface area contributed by atoms with E-state index >= 15 is 0 Å². The molecule has 0 bridgehead atoms. The number of aromatic nitrogens is 1. The summed E-state index contributed by atoms with van der Waals surface area (Å²) in [5.41, 5.74) is 3.81. The summed E-state index contributed by atoms with van der Waals surface area (Å²) >= 11 is 0. The van der Waals surface area contributed by atoms with E-state index in [-0.39, 0.29) is 5.91 Å². The van der Waals surface area contributed by atoms with E-state index in [2.05, 4.69) is 48.2 Å². The minimum absolute atomic E-state index is 0.276. The summed E-state index contributed by atoms with van der Waals surface area (Å²) in [6, 6.07) is 12.8. The lowest BCUT2D eigenvalue weighted by Gasteiger charge is -2.32. The first-order valence-corrected chi connectivity index (χ1v) is 9.07. The molecule has 1 aromatic carbocycles. The van der Waals surface area contributed by atoms with Crippen molar-refractivity contribution in [1.29, 1.82) is 0 Å². The fourth-order valence-corrected chi connectivity index (χ4v) is 3.47. The molecule has 2 aromatic rings. The second-order valence-electron chi connectivity index (χ2n) is 7.00. The van der Waals surface area contributed by atoms with Gasteiger partial charge in [-0.2, -0.15) is 0 Å². The molecule has 132 valence electrons. The van der Waals surface area contributed by atoms with Gasteiger partial charge in [-0.25, -0.2) is 0 Å². The third-order valence-electron chi connectivity index (χ3n) is 5.11. The van der Waals surface area contributed by atoms with E-state index in [0.29, 0.717) is 12.3 Å². The van der Waals surface area contributed by atoms with Crippen LogP contribution in [0.25, 0.3) is 0 Å². The first-order chi connectivity index (χ1) is 12.1. The Morgan fingerprint density at radius 3 is 2.32 bits per heavy atom. The maximum Gasteiger partial charge on any atom is 0.222 e. The van der Waals surface area contributed by atoms with E-state index in [0.717, 1.165) is 32.4 Å². The number of carbonyl (C=O) groups excluding carboxylic acids is 1. The van der Waals surface area contributed by atoms with E-state index in [1.807, 2.05) is 17.0 Å². The summed E-state index contributed by atoms with van der Waals surface area (Å²) in [6.07, 6.45) is 7.07. The summed E-state index contributed by atoms with van der Waals surface area (Å²) in [7, 11) is 4.12. The normalized spacial score (nSPS) is 15.2. The summed E-state index contributed by atoms with van der Waals surface area (Å²) in [4.78, 5) is 20.6. The summed E-state index contributed by atoms with van der Waals surface area (Å²) in [6.45, 7) is 1.74.